The molecule has 0 atom stereocenters. The lowest BCUT2D eigenvalue weighted by Crippen LogP contribution is -2.44. The molecule has 1 saturated carbocycles. The first-order valence-electron chi connectivity index (χ1n) is 11.8. The predicted octanol–water partition coefficient (Wildman–Crippen LogP) is 4.91. The van der Waals surface area contributed by atoms with Gasteiger partial charge in [-0.1, -0.05) is 44.2 Å². The molecule has 0 spiro atoms. The number of nitrogens with zero attached hydrogens (tertiary/aromatic N) is 5. The van der Waals surface area contributed by atoms with Crippen LogP contribution >= 0.6 is 0 Å². The van der Waals surface area contributed by atoms with Crippen molar-refractivity contribution in [1.82, 2.24) is 25.3 Å². The van der Waals surface area contributed by atoms with Crippen LogP contribution in [-0.4, -0.2) is 46.1 Å². The zero-order chi connectivity index (χ0) is 22.6. The molecule has 6 nitrogen and oxygen atoms in total. The lowest BCUT2D eigenvalue weighted by atomic mass is 9.95. The monoisotopic (exact) mass is 438 g/mol. The van der Waals surface area contributed by atoms with Gasteiger partial charge in [-0.3, -0.25) is 9.97 Å². The summed E-state index contributed by atoms with van der Waals surface area (Å²) in [4.78, 5) is 21.6. The maximum atomic E-state index is 5.20. The van der Waals surface area contributed by atoms with Gasteiger partial charge in [0.05, 0.1) is 11.7 Å². The molecule has 3 aromatic heterocycles. The van der Waals surface area contributed by atoms with Crippen molar-refractivity contribution >= 4 is 22.3 Å². The number of hydrogen-bond donors (Lipinski definition) is 1. The van der Waals surface area contributed by atoms with Gasteiger partial charge in [0.1, 0.15) is 5.82 Å². The Kier molecular flexibility index (Phi) is 6.26. The number of rotatable bonds is 6. The van der Waals surface area contributed by atoms with Crippen molar-refractivity contribution in [2.24, 2.45) is 0 Å². The van der Waals surface area contributed by atoms with Crippen molar-refractivity contribution in [2.45, 2.75) is 31.6 Å². The van der Waals surface area contributed by atoms with Crippen molar-refractivity contribution < 1.29 is 0 Å². The van der Waals surface area contributed by atoms with Crippen LogP contribution in [0.15, 0.2) is 62.2 Å². The van der Waals surface area contributed by atoms with Crippen LogP contribution in [0, 0.1) is 0 Å². The fourth-order valence-electron chi connectivity index (χ4n) is 4.98. The van der Waals surface area contributed by atoms with Crippen LogP contribution in [0.2, 0.25) is 0 Å². The molecule has 0 amide bonds. The fourth-order valence-corrected chi connectivity index (χ4v) is 4.98. The van der Waals surface area contributed by atoms with Gasteiger partial charge in [0, 0.05) is 61.3 Å². The van der Waals surface area contributed by atoms with Crippen LogP contribution in [0.5, 0.6) is 0 Å². The maximum Gasteiger partial charge on any atom is 0.162 e. The molecule has 2 aliphatic rings. The van der Waals surface area contributed by atoms with E-state index < -0.39 is 0 Å². The van der Waals surface area contributed by atoms with Gasteiger partial charge in [-0.15, -0.1) is 0 Å². The number of nitrogens with one attached hydrogen (secondary N) is 1. The molecular formula is C27H30N6. The molecule has 6 heteroatoms. The van der Waals surface area contributed by atoms with E-state index in [1.807, 2.05) is 36.8 Å². The topological polar surface area (TPSA) is 66.8 Å². The maximum absolute atomic E-state index is 5.20. The molecular weight excluding hydrogens is 408 g/mol. The Labute approximate surface area is 195 Å². The van der Waals surface area contributed by atoms with E-state index >= 15 is 0 Å². The van der Waals surface area contributed by atoms with E-state index in [2.05, 4.69) is 33.3 Å². The average molecular weight is 439 g/mol. The molecule has 4 heterocycles. The standard InChI is InChI=1S/C27H30N6/c1-3-4-7-19(2)22-16-29-11-10-21(22)26-31-24-18-30-17-23(20-8-5-6-9-20)25(24)27(32-26)33-14-12-28-13-15-33/h3-4,7,10-11,16-18,20,28H,1-2,5-6,8-9,12-15H2/b7-4-. The number of anilines is 1. The summed E-state index contributed by atoms with van der Waals surface area (Å²) in [7, 11) is 0. The third-order valence-electron chi connectivity index (χ3n) is 6.67. The number of aromatic nitrogens is 4. The van der Waals surface area contributed by atoms with Gasteiger partial charge in [0.25, 0.3) is 0 Å². The summed E-state index contributed by atoms with van der Waals surface area (Å²) >= 11 is 0. The molecule has 2 fully saturated rings. The lowest BCUT2D eigenvalue weighted by molar-refractivity contribution is 0.586. The second kappa shape index (κ2) is 9.63. The highest BCUT2D eigenvalue weighted by Gasteiger charge is 2.25. The van der Waals surface area contributed by atoms with Gasteiger partial charge in [0.2, 0.25) is 0 Å². The molecule has 0 aromatic carbocycles. The molecule has 1 aliphatic carbocycles. The fraction of sp³-hybridized carbons (Fsp3) is 0.333. The summed E-state index contributed by atoms with van der Waals surface area (Å²) in [6.07, 6.45) is 18.1. The number of piperazine rings is 1. The van der Waals surface area contributed by atoms with Gasteiger partial charge < -0.3 is 10.2 Å². The molecule has 1 saturated heterocycles. The van der Waals surface area contributed by atoms with Crippen LogP contribution in [0.4, 0.5) is 5.82 Å². The summed E-state index contributed by atoms with van der Waals surface area (Å²) in [6.45, 7) is 11.7. The first-order chi connectivity index (χ1) is 16.3. The van der Waals surface area contributed by atoms with Crippen LogP contribution in [0.3, 0.4) is 0 Å². The Hall–Kier alpha value is -3.38. The van der Waals surface area contributed by atoms with Crippen molar-refractivity contribution in [3.63, 3.8) is 0 Å². The molecule has 1 N–H and O–H groups in total. The SMILES string of the molecule is C=C/C=C\C(=C)c1cnccc1-c1nc(N2CCNCC2)c2c(C3CCCC3)cncc2n1. The van der Waals surface area contributed by atoms with E-state index in [1.165, 1.54) is 36.6 Å². The van der Waals surface area contributed by atoms with Gasteiger partial charge >= 0.3 is 0 Å². The number of allylic oxidation sites excluding steroid dienone is 4. The summed E-state index contributed by atoms with van der Waals surface area (Å²) in [5, 5.41) is 4.63. The van der Waals surface area contributed by atoms with Gasteiger partial charge in [-0.05, 0) is 36.0 Å². The number of fused-ring (bicyclic) bond motifs is 1. The van der Waals surface area contributed by atoms with Gasteiger partial charge in [-0.25, -0.2) is 9.97 Å². The molecule has 168 valence electrons. The highest BCUT2D eigenvalue weighted by molar-refractivity contribution is 5.94. The highest BCUT2D eigenvalue weighted by atomic mass is 15.2. The van der Waals surface area contributed by atoms with E-state index in [4.69, 9.17) is 9.97 Å². The highest BCUT2D eigenvalue weighted by Crippen LogP contribution is 2.40. The minimum atomic E-state index is 0.539. The molecule has 3 aromatic rings. The normalized spacial score (nSPS) is 17.2. The van der Waals surface area contributed by atoms with Crippen molar-refractivity contribution in [1.29, 1.82) is 0 Å². The van der Waals surface area contributed by atoms with Crippen LogP contribution in [0.1, 0.15) is 42.7 Å². The summed E-state index contributed by atoms with van der Waals surface area (Å²) in [6, 6.07) is 1.97. The molecule has 1 aliphatic heterocycles. The molecule has 0 unspecified atom stereocenters. The Morgan fingerprint density at radius 3 is 2.67 bits per heavy atom. The molecule has 0 bridgehead atoms. The largest absolute Gasteiger partial charge is 0.353 e. The Bertz CT molecular complexity index is 1200. The molecule has 0 radical (unpaired) electrons. The van der Waals surface area contributed by atoms with E-state index in [9.17, 15) is 0 Å². The van der Waals surface area contributed by atoms with Gasteiger partial charge in [0.15, 0.2) is 5.82 Å². The smallest absolute Gasteiger partial charge is 0.162 e. The van der Waals surface area contributed by atoms with Crippen molar-refractivity contribution in [3.05, 3.63) is 73.4 Å². The second-order valence-electron chi connectivity index (χ2n) is 8.75. The number of pyridine rings is 2. The Balaban J connectivity index is 1.70. The summed E-state index contributed by atoms with van der Waals surface area (Å²) in [5.74, 6) is 2.25. The van der Waals surface area contributed by atoms with E-state index in [0.717, 1.165) is 54.2 Å². The van der Waals surface area contributed by atoms with Crippen LogP contribution < -0.4 is 10.2 Å². The van der Waals surface area contributed by atoms with Crippen molar-refractivity contribution in [3.8, 4) is 11.4 Å². The Morgan fingerprint density at radius 1 is 1.06 bits per heavy atom. The first-order valence-corrected chi connectivity index (χ1v) is 11.8. The zero-order valence-corrected chi connectivity index (χ0v) is 19.0. The quantitative estimate of drug-likeness (QED) is 0.552. The van der Waals surface area contributed by atoms with Gasteiger partial charge in [-0.2, -0.15) is 0 Å². The average Bonchev–Trinajstić information content (AvgIpc) is 3.41. The minimum Gasteiger partial charge on any atom is -0.353 e. The van der Waals surface area contributed by atoms with Crippen LogP contribution in [-0.2, 0) is 0 Å². The third kappa shape index (κ3) is 4.31. The first kappa shape index (κ1) is 21.5. The Morgan fingerprint density at radius 2 is 1.88 bits per heavy atom. The van der Waals surface area contributed by atoms with E-state index in [1.54, 1.807) is 12.3 Å². The summed E-state index contributed by atoms with van der Waals surface area (Å²) in [5.41, 5.74) is 4.91. The second-order valence-corrected chi connectivity index (χ2v) is 8.75. The predicted molar refractivity (Wildman–Crippen MR) is 135 cm³/mol. The number of hydrogen-bond acceptors (Lipinski definition) is 6. The molecule has 33 heavy (non-hydrogen) atoms. The summed E-state index contributed by atoms with van der Waals surface area (Å²) < 4.78 is 0. The van der Waals surface area contributed by atoms with Crippen LogP contribution in [0.25, 0.3) is 27.9 Å². The minimum absolute atomic E-state index is 0.539. The third-order valence-corrected chi connectivity index (χ3v) is 6.67. The van der Waals surface area contributed by atoms with E-state index in [0.29, 0.717) is 11.7 Å². The molecule has 5 rings (SSSR count). The zero-order valence-electron chi connectivity index (χ0n) is 19.0. The lowest BCUT2D eigenvalue weighted by Gasteiger charge is -2.30. The van der Waals surface area contributed by atoms with E-state index in [-0.39, 0.29) is 0 Å². The van der Waals surface area contributed by atoms with Crippen molar-refractivity contribution in [2.75, 3.05) is 31.1 Å².